The number of nitrogens with zero attached hydrogens (tertiary/aromatic N) is 1. The van der Waals surface area contributed by atoms with Gasteiger partial charge in [0.2, 0.25) is 0 Å². The molecule has 0 heterocycles. The molecule has 78 valence electrons. The van der Waals surface area contributed by atoms with E-state index in [1.807, 2.05) is 27.2 Å². The molecule has 0 spiro atoms. The van der Waals surface area contributed by atoms with Crippen LogP contribution in [0.2, 0.25) is 0 Å². The first kappa shape index (κ1) is 12.9. The van der Waals surface area contributed by atoms with E-state index in [1.54, 1.807) is 12.1 Å². The predicted molar refractivity (Wildman–Crippen MR) is 53.1 cm³/mol. The number of phenols is 1. The van der Waals surface area contributed by atoms with Crippen LogP contribution in [0.1, 0.15) is 10.4 Å². The van der Waals surface area contributed by atoms with Gasteiger partial charge in [-0.3, -0.25) is 9.28 Å². The van der Waals surface area contributed by atoms with Crippen LogP contribution in [-0.4, -0.2) is 32.5 Å². The largest absolute Gasteiger partial charge is 1.00 e. The third-order valence-corrected chi connectivity index (χ3v) is 1.91. The molecule has 0 radical (unpaired) electrons. The van der Waals surface area contributed by atoms with Crippen LogP contribution in [0.15, 0.2) is 18.2 Å². The lowest BCUT2D eigenvalue weighted by Gasteiger charge is -2.23. The Labute approximate surface area is 90.0 Å². The third kappa shape index (κ3) is 2.72. The molecule has 1 aromatic carbocycles. The van der Waals surface area contributed by atoms with Gasteiger partial charge in [0.05, 0.1) is 26.7 Å². The summed E-state index contributed by atoms with van der Waals surface area (Å²) in [6, 6.07) is 5.05. The number of halogens is 1. The number of carbonyl (C=O) groups excluding carboxylic acids is 1. The highest BCUT2D eigenvalue weighted by Crippen LogP contribution is 2.23. The first-order valence-corrected chi connectivity index (χ1v) is 4.05. The predicted octanol–water partition coefficient (Wildman–Crippen LogP) is -1.59. The van der Waals surface area contributed by atoms with E-state index in [-0.39, 0.29) is 18.2 Å². The van der Waals surface area contributed by atoms with Crippen molar-refractivity contribution in [2.24, 2.45) is 0 Å². The summed E-state index contributed by atoms with van der Waals surface area (Å²) in [7, 11) is 6.00. The number of hydrogen-bond acceptors (Lipinski definition) is 2. The van der Waals surface area contributed by atoms with Gasteiger partial charge in [0.1, 0.15) is 11.4 Å². The van der Waals surface area contributed by atoms with Crippen LogP contribution < -0.4 is 16.9 Å². The highest BCUT2D eigenvalue weighted by Gasteiger charge is 2.13. The van der Waals surface area contributed by atoms with E-state index < -0.39 is 0 Å². The van der Waals surface area contributed by atoms with Gasteiger partial charge in [-0.25, -0.2) is 0 Å². The van der Waals surface area contributed by atoms with Gasteiger partial charge in [-0.2, -0.15) is 0 Å². The third-order valence-electron chi connectivity index (χ3n) is 1.91. The molecular weight excluding hydrogens is 202 g/mol. The van der Waals surface area contributed by atoms with Gasteiger partial charge in [0.25, 0.3) is 0 Å². The molecule has 14 heavy (non-hydrogen) atoms. The van der Waals surface area contributed by atoms with Gasteiger partial charge in [-0.05, 0) is 6.07 Å². The molecular formula is C10H14ClNO2. The number of aldehydes is 1. The van der Waals surface area contributed by atoms with Crippen molar-refractivity contribution in [2.75, 3.05) is 21.1 Å². The van der Waals surface area contributed by atoms with Crippen molar-refractivity contribution in [3.8, 4) is 5.75 Å². The quantitative estimate of drug-likeness (QED) is 0.477. The second-order valence-electron chi connectivity index (χ2n) is 3.87. The van der Waals surface area contributed by atoms with Crippen molar-refractivity contribution in [3.05, 3.63) is 23.8 Å². The van der Waals surface area contributed by atoms with Gasteiger partial charge in [-0.15, -0.1) is 0 Å². The number of hydrogen-bond donors (Lipinski definition) is 1. The zero-order valence-electron chi connectivity index (χ0n) is 8.49. The number of aromatic hydroxyl groups is 1. The average molecular weight is 216 g/mol. The molecule has 0 bridgehead atoms. The first-order chi connectivity index (χ1) is 5.95. The lowest BCUT2D eigenvalue weighted by Crippen LogP contribution is -3.00. The topological polar surface area (TPSA) is 37.3 Å². The van der Waals surface area contributed by atoms with E-state index in [2.05, 4.69) is 0 Å². The summed E-state index contributed by atoms with van der Waals surface area (Å²) in [6.07, 6.45) is 0.661. The monoisotopic (exact) mass is 215 g/mol. The summed E-state index contributed by atoms with van der Waals surface area (Å²) < 4.78 is 0.626. The Morgan fingerprint density at radius 1 is 1.29 bits per heavy atom. The van der Waals surface area contributed by atoms with Gasteiger partial charge in [0, 0.05) is 12.1 Å². The number of quaternary nitrogens is 1. The normalized spacial score (nSPS) is 10.5. The maximum Gasteiger partial charge on any atom is 0.154 e. The van der Waals surface area contributed by atoms with Crippen LogP contribution in [0.4, 0.5) is 5.69 Å². The standard InChI is InChI=1S/C10H13NO2.ClH/c1-11(2,3)9-4-5-10(13)8(6-9)7-12;/h4-7H,1-3H3;1H. The van der Waals surface area contributed by atoms with E-state index in [1.165, 1.54) is 0 Å². The summed E-state index contributed by atoms with van der Waals surface area (Å²) in [5.74, 6) is 0.0344. The van der Waals surface area contributed by atoms with E-state index >= 15 is 0 Å². The summed E-state index contributed by atoms with van der Waals surface area (Å²) in [4.78, 5) is 10.5. The summed E-state index contributed by atoms with van der Waals surface area (Å²) in [6.45, 7) is 0. The fourth-order valence-electron chi connectivity index (χ4n) is 1.05. The molecule has 0 fully saturated rings. The number of rotatable bonds is 2. The Balaban J connectivity index is 0.00000169. The molecule has 1 rings (SSSR count). The van der Waals surface area contributed by atoms with Crippen LogP contribution >= 0.6 is 0 Å². The van der Waals surface area contributed by atoms with Crippen LogP contribution in [0.3, 0.4) is 0 Å². The number of carbonyl (C=O) groups is 1. The minimum atomic E-state index is 0. The van der Waals surface area contributed by atoms with Crippen LogP contribution in [-0.2, 0) is 0 Å². The summed E-state index contributed by atoms with van der Waals surface area (Å²) >= 11 is 0. The fourth-order valence-corrected chi connectivity index (χ4v) is 1.05. The van der Waals surface area contributed by atoms with E-state index in [4.69, 9.17) is 0 Å². The van der Waals surface area contributed by atoms with Gasteiger partial charge in [0.15, 0.2) is 6.29 Å². The molecule has 0 amide bonds. The second kappa shape index (κ2) is 4.44. The van der Waals surface area contributed by atoms with Crippen molar-refractivity contribution in [1.82, 2.24) is 4.48 Å². The highest BCUT2D eigenvalue weighted by atomic mass is 35.5. The van der Waals surface area contributed by atoms with Crippen LogP contribution in [0.5, 0.6) is 5.75 Å². The van der Waals surface area contributed by atoms with E-state index in [0.29, 0.717) is 16.3 Å². The Morgan fingerprint density at radius 3 is 2.29 bits per heavy atom. The summed E-state index contributed by atoms with van der Waals surface area (Å²) in [5, 5.41) is 9.26. The van der Waals surface area contributed by atoms with E-state index in [0.717, 1.165) is 5.69 Å². The molecule has 0 aliphatic carbocycles. The maximum absolute atomic E-state index is 10.5. The lowest BCUT2D eigenvalue weighted by atomic mass is 10.2. The number of benzene rings is 1. The van der Waals surface area contributed by atoms with Gasteiger partial charge in [-0.1, -0.05) is 0 Å². The molecule has 3 nitrogen and oxygen atoms in total. The van der Waals surface area contributed by atoms with Crippen LogP contribution in [0, 0.1) is 0 Å². The van der Waals surface area contributed by atoms with Crippen molar-refractivity contribution in [3.63, 3.8) is 0 Å². The zero-order valence-corrected chi connectivity index (χ0v) is 9.25. The Bertz CT molecular complexity index is 331. The Morgan fingerprint density at radius 2 is 1.86 bits per heavy atom. The van der Waals surface area contributed by atoms with Gasteiger partial charge >= 0.3 is 0 Å². The molecule has 0 aliphatic rings. The second-order valence-corrected chi connectivity index (χ2v) is 3.87. The van der Waals surface area contributed by atoms with Crippen molar-refractivity contribution < 1.29 is 22.3 Å². The molecule has 1 N–H and O–H groups in total. The molecule has 0 saturated carbocycles. The van der Waals surface area contributed by atoms with Crippen LogP contribution in [0.25, 0.3) is 0 Å². The lowest BCUT2D eigenvalue weighted by molar-refractivity contribution is -0.0000107. The van der Waals surface area contributed by atoms with Gasteiger partial charge < -0.3 is 17.5 Å². The molecule has 1 aromatic rings. The average Bonchev–Trinajstić information content (AvgIpc) is 2.03. The minimum absolute atomic E-state index is 0. The Kier molecular flexibility index (Phi) is 4.10. The maximum atomic E-state index is 10.5. The smallest absolute Gasteiger partial charge is 0.154 e. The molecule has 0 aromatic heterocycles. The minimum Gasteiger partial charge on any atom is -1.00 e. The first-order valence-electron chi connectivity index (χ1n) is 4.05. The zero-order chi connectivity index (χ0) is 10.1. The van der Waals surface area contributed by atoms with Crippen molar-refractivity contribution >= 4 is 12.0 Å². The Hall–Kier alpha value is -1.06. The van der Waals surface area contributed by atoms with Crippen molar-refractivity contribution in [2.45, 2.75) is 0 Å². The number of phenolic OH excluding ortho intramolecular Hbond substituents is 1. The molecule has 0 saturated heterocycles. The SMILES string of the molecule is C[N+](C)(C)c1ccc(O)c(C=O)c1.[Cl-]. The summed E-state index contributed by atoms with van der Waals surface area (Å²) in [5.41, 5.74) is 1.32. The van der Waals surface area contributed by atoms with E-state index in [9.17, 15) is 9.90 Å². The molecule has 0 unspecified atom stereocenters. The highest BCUT2D eigenvalue weighted by molar-refractivity contribution is 5.81. The van der Waals surface area contributed by atoms with Crippen molar-refractivity contribution in [1.29, 1.82) is 0 Å². The molecule has 0 atom stereocenters. The fraction of sp³-hybridized carbons (Fsp3) is 0.300. The molecule has 0 aliphatic heterocycles. The molecule has 4 heteroatoms.